The molecule has 2 aromatic rings. The van der Waals surface area contributed by atoms with Gasteiger partial charge in [-0.1, -0.05) is 17.8 Å². The summed E-state index contributed by atoms with van der Waals surface area (Å²) in [7, 11) is 0. The minimum absolute atomic E-state index is 0.205. The van der Waals surface area contributed by atoms with Crippen molar-refractivity contribution in [1.82, 2.24) is 4.98 Å². The minimum Gasteiger partial charge on any atom is -0.349 e. The summed E-state index contributed by atoms with van der Waals surface area (Å²) in [5.74, 6) is 0. The molecule has 0 saturated carbocycles. The van der Waals surface area contributed by atoms with Gasteiger partial charge >= 0.3 is 0 Å². The van der Waals surface area contributed by atoms with Crippen molar-refractivity contribution in [2.45, 2.75) is 46.0 Å². The number of hydrogen-bond donors (Lipinski definition) is 0. The first-order valence-corrected chi connectivity index (χ1v) is 9.08. The SMILES string of the molecule is CCN(CC)c1nc2sc3c(c2c(=O)s1)CCCCC3. The average Bonchev–Trinajstić information content (AvgIpc) is 2.63. The van der Waals surface area contributed by atoms with Crippen LogP contribution in [0.25, 0.3) is 10.2 Å². The van der Waals surface area contributed by atoms with Gasteiger partial charge in [0, 0.05) is 18.0 Å². The number of anilines is 1. The van der Waals surface area contributed by atoms with E-state index in [0.29, 0.717) is 0 Å². The molecule has 5 heteroatoms. The van der Waals surface area contributed by atoms with Gasteiger partial charge in [-0.3, -0.25) is 4.79 Å². The monoisotopic (exact) mass is 308 g/mol. The molecule has 0 aliphatic heterocycles. The Balaban J connectivity index is 2.16. The lowest BCUT2D eigenvalue weighted by molar-refractivity contribution is 0.713. The van der Waals surface area contributed by atoms with Crippen molar-refractivity contribution in [2.75, 3.05) is 18.0 Å². The van der Waals surface area contributed by atoms with E-state index in [1.165, 1.54) is 41.0 Å². The molecule has 0 N–H and O–H groups in total. The van der Waals surface area contributed by atoms with Crippen LogP contribution in [-0.4, -0.2) is 18.1 Å². The van der Waals surface area contributed by atoms with Gasteiger partial charge in [-0.25, -0.2) is 4.98 Å². The average molecular weight is 308 g/mol. The standard InChI is InChI=1S/C15H20N2OS2/c1-3-17(4-2)15-16-13-12(14(18)20-15)10-8-6-5-7-9-11(10)19-13/h3-9H2,1-2H3. The topological polar surface area (TPSA) is 33.2 Å². The summed E-state index contributed by atoms with van der Waals surface area (Å²) in [5, 5.41) is 1.80. The molecule has 0 unspecified atom stereocenters. The van der Waals surface area contributed by atoms with Crippen LogP contribution in [0.15, 0.2) is 4.79 Å². The summed E-state index contributed by atoms with van der Waals surface area (Å²) in [6.45, 7) is 6.01. The van der Waals surface area contributed by atoms with E-state index in [1.54, 1.807) is 11.3 Å². The molecular weight excluding hydrogens is 288 g/mol. The minimum atomic E-state index is 0.205. The van der Waals surface area contributed by atoms with E-state index in [2.05, 4.69) is 18.7 Å². The van der Waals surface area contributed by atoms with E-state index in [-0.39, 0.29) is 4.74 Å². The second-order valence-corrected chi connectivity index (χ2v) is 7.22. The van der Waals surface area contributed by atoms with Gasteiger partial charge in [-0.15, -0.1) is 11.3 Å². The van der Waals surface area contributed by atoms with Crippen molar-refractivity contribution in [3.05, 3.63) is 20.0 Å². The summed E-state index contributed by atoms with van der Waals surface area (Å²) in [6.07, 6.45) is 5.93. The van der Waals surface area contributed by atoms with E-state index in [0.717, 1.165) is 41.3 Å². The Morgan fingerprint density at radius 3 is 2.60 bits per heavy atom. The maximum absolute atomic E-state index is 12.5. The quantitative estimate of drug-likeness (QED) is 0.808. The van der Waals surface area contributed by atoms with Crippen LogP contribution in [0.1, 0.15) is 43.6 Å². The van der Waals surface area contributed by atoms with Crippen molar-refractivity contribution >= 4 is 38.0 Å². The van der Waals surface area contributed by atoms with Crippen LogP contribution in [0.4, 0.5) is 5.13 Å². The molecule has 1 aliphatic rings. The molecule has 0 fully saturated rings. The first-order valence-electron chi connectivity index (χ1n) is 7.45. The number of rotatable bonds is 3. The summed E-state index contributed by atoms with van der Waals surface area (Å²) >= 11 is 3.06. The van der Waals surface area contributed by atoms with Crippen LogP contribution >= 0.6 is 22.7 Å². The number of aromatic nitrogens is 1. The number of thiophene rings is 1. The highest BCUT2D eigenvalue weighted by Crippen LogP contribution is 2.34. The molecule has 1 aliphatic carbocycles. The van der Waals surface area contributed by atoms with Crippen molar-refractivity contribution in [2.24, 2.45) is 0 Å². The maximum atomic E-state index is 12.5. The Hall–Kier alpha value is -0.940. The molecule has 2 aromatic heterocycles. The lowest BCUT2D eigenvalue weighted by atomic mass is 10.1. The molecular formula is C15H20N2OS2. The van der Waals surface area contributed by atoms with Gasteiger partial charge in [0.25, 0.3) is 0 Å². The Labute approximate surface area is 127 Å². The maximum Gasteiger partial charge on any atom is 0.246 e. The van der Waals surface area contributed by atoms with Gasteiger partial charge in [-0.05, 0) is 45.1 Å². The van der Waals surface area contributed by atoms with Crippen molar-refractivity contribution in [3.8, 4) is 0 Å². The van der Waals surface area contributed by atoms with E-state index in [4.69, 9.17) is 4.98 Å². The summed E-state index contributed by atoms with van der Waals surface area (Å²) in [6, 6.07) is 0. The zero-order valence-corrected chi connectivity index (χ0v) is 13.7. The number of hydrogen-bond acceptors (Lipinski definition) is 5. The van der Waals surface area contributed by atoms with E-state index in [9.17, 15) is 4.79 Å². The van der Waals surface area contributed by atoms with Crippen LogP contribution in [0.2, 0.25) is 0 Å². The second kappa shape index (κ2) is 5.82. The van der Waals surface area contributed by atoms with Crippen molar-refractivity contribution in [3.63, 3.8) is 0 Å². The zero-order valence-electron chi connectivity index (χ0n) is 12.1. The smallest absolute Gasteiger partial charge is 0.246 e. The van der Waals surface area contributed by atoms with E-state index < -0.39 is 0 Å². The molecule has 20 heavy (non-hydrogen) atoms. The fourth-order valence-electron chi connectivity index (χ4n) is 2.89. The van der Waals surface area contributed by atoms with E-state index >= 15 is 0 Å². The molecule has 0 atom stereocenters. The van der Waals surface area contributed by atoms with Crippen molar-refractivity contribution in [1.29, 1.82) is 0 Å². The van der Waals surface area contributed by atoms with Crippen LogP contribution in [0.3, 0.4) is 0 Å². The largest absolute Gasteiger partial charge is 0.349 e. The first-order chi connectivity index (χ1) is 9.74. The van der Waals surface area contributed by atoms with Crippen LogP contribution in [0, 0.1) is 0 Å². The Morgan fingerprint density at radius 2 is 1.85 bits per heavy atom. The predicted octanol–water partition coefficient (Wildman–Crippen LogP) is 3.83. The Kier molecular flexibility index (Phi) is 4.08. The molecule has 3 nitrogen and oxygen atoms in total. The predicted molar refractivity (Wildman–Crippen MR) is 88.6 cm³/mol. The van der Waals surface area contributed by atoms with Gasteiger partial charge in [0.1, 0.15) is 4.83 Å². The number of nitrogens with zero attached hydrogens (tertiary/aromatic N) is 2. The zero-order chi connectivity index (χ0) is 14.1. The molecule has 2 heterocycles. The fraction of sp³-hybridized carbons (Fsp3) is 0.600. The lowest BCUT2D eigenvalue weighted by Gasteiger charge is -2.18. The highest BCUT2D eigenvalue weighted by molar-refractivity contribution is 7.20. The van der Waals surface area contributed by atoms with Crippen LogP contribution in [0.5, 0.6) is 0 Å². The molecule has 0 amide bonds. The fourth-order valence-corrected chi connectivity index (χ4v) is 5.28. The highest BCUT2D eigenvalue weighted by Gasteiger charge is 2.20. The second-order valence-electron chi connectivity index (χ2n) is 5.20. The van der Waals surface area contributed by atoms with Crippen molar-refractivity contribution < 1.29 is 0 Å². The Bertz CT molecular complexity index is 670. The molecule has 0 saturated heterocycles. The first kappa shape index (κ1) is 14.0. The number of aryl methyl sites for hydroxylation is 2. The third-order valence-electron chi connectivity index (χ3n) is 4.02. The van der Waals surface area contributed by atoms with Crippen LogP contribution < -0.4 is 9.64 Å². The van der Waals surface area contributed by atoms with Gasteiger partial charge in [0.05, 0.1) is 5.39 Å². The normalized spacial score (nSPS) is 15.1. The third kappa shape index (κ3) is 2.37. The molecule has 0 radical (unpaired) electrons. The third-order valence-corrected chi connectivity index (χ3v) is 6.13. The van der Waals surface area contributed by atoms with Gasteiger partial charge in [-0.2, -0.15) is 0 Å². The van der Waals surface area contributed by atoms with Crippen LogP contribution in [-0.2, 0) is 12.8 Å². The van der Waals surface area contributed by atoms with Gasteiger partial charge in [0.2, 0.25) is 4.74 Å². The van der Waals surface area contributed by atoms with Gasteiger partial charge in [0.15, 0.2) is 5.13 Å². The molecule has 108 valence electrons. The van der Waals surface area contributed by atoms with E-state index in [1.807, 2.05) is 0 Å². The lowest BCUT2D eigenvalue weighted by Crippen LogP contribution is -2.23. The molecule has 0 spiro atoms. The molecule has 0 aromatic carbocycles. The highest BCUT2D eigenvalue weighted by atomic mass is 32.1. The number of fused-ring (bicyclic) bond motifs is 3. The summed E-state index contributed by atoms with van der Waals surface area (Å²) in [5.41, 5.74) is 1.31. The summed E-state index contributed by atoms with van der Waals surface area (Å²) in [4.78, 5) is 21.8. The molecule has 3 rings (SSSR count). The van der Waals surface area contributed by atoms with Gasteiger partial charge < -0.3 is 4.90 Å². The molecule has 0 bridgehead atoms. The Morgan fingerprint density at radius 1 is 1.10 bits per heavy atom. The summed E-state index contributed by atoms with van der Waals surface area (Å²) < 4.78 is 0.205.